The molecule has 0 spiro atoms. The van der Waals surface area contributed by atoms with E-state index in [2.05, 4.69) is 31.8 Å². The molecule has 17 heavy (non-hydrogen) atoms. The van der Waals surface area contributed by atoms with Gasteiger partial charge in [0, 0.05) is 12.7 Å². The summed E-state index contributed by atoms with van der Waals surface area (Å²) in [6.45, 7) is 5.62. The Hall–Kier alpha value is -1.49. The second-order valence-corrected chi connectivity index (χ2v) is 4.59. The van der Waals surface area contributed by atoms with E-state index in [4.69, 9.17) is 0 Å². The van der Waals surface area contributed by atoms with Crippen LogP contribution in [0.3, 0.4) is 0 Å². The van der Waals surface area contributed by atoms with Gasteiger partial charge in [-0.2, -0.15) is 0 Å². The van der Waals surface area contributed by atoms with Crippen molar-refractivity contribution in [3.8, 4) is 0 Å². The molecule has 1 aliphatic rings. The van der Waals surface area contributed by atoms with Gasteiger partial charge < -0.3 is 4.90 Å². The second kappa shape index (κ2) is 4.41. The lowest BCUT2D eigenvalue weighted by Gasteiger charge is -2.31. The van der Waals surface area contributed by atoms with Gasteiger partial charge in [0.25, 0.3) is 0 Å². The van der Waals surface area contributed by atoms with Gasteiger partial charge in [-0.3, -0.25) is 4.98 Å². The molecule has 3 rings (SSSR count). The van der Waals surface area contributed by atoms with E-state index in [1.807, 2.05) is 12.3 Å². The van der Waals surface area contributed by atoms with Crippen LogP contribution in [-0.4, -0.2) is 44.5 Å². The highest BCUT2D eigenvalue weighted by Gasteiger charge is 2.22. The maximum absolute atomic E-state index is 4.29. The van der Waals surface area contributed by atoms with Crippen LogP contribution in [0.4, 0.5) is 0 Å². The summed E-state index contributed by atoms with van der Waals surface area (Å²) in [5.74, 6) is 0. The third-order valence-corrected chi connectivity index (χ3v) is 3.55. The molecule has 3 heterocycles. The van der Waals surface area contributed by atoms with E-state index in [1.54, 1.807) is 6.20 Å². The topological polar surface area (TPSA) is 46.8 Å². The number of pyridine rings is 1. The first kappa shape index (κ1) is 10.7. The van der Waals surface area contributed by atoms with E-state index in [1.165, 1.54) is 19.4 Å². The summed E-state index contributed by atoms with van der Waals surface area (Å²) in [4.78, 5) is 6.55. The zero-order chi connectivity index (χ0) is 11.7. The van der Waals surface area contributed by atoms with Crippen LogP contribution < -0.4 is 0 Å². The summed E-state index contributed by atoms with van der Waals surface area (Å²) in [6.07, 6.45) is 6.02. The van der Waals surface area contributed by atoms with Crippen LogP contribution >= 0.6 is 0 Å². The van der Waals surface area contributed by atoms with Crippen LogP contribution in [0.1, 0.15) is 25.8 Å². The van der Waals surface area contributed by atoms with Crippen molar-refractivity contribution >= 4 is 11.0 Å². The third kappa shape index (κ3) is 1.91. The fourth-order valence-corrected chi connectivity index (χ4v) is 2.58. The monoisotopic (exact) mass is 231 g/mol. The van der Waals surface area contributed by atoms with Crippen molar-refractivity contribution < 1.29 is 0 Å². The molecule has 0 aliphatic carbocycles. The van der Waals surface area contributed by atoms with Crippen molar-refractivity contribution in [2.45, 2.75) is 25.8 Å². The lowest BCUT2D eigenvalue weighted by molar-refractivity contribution is 0.178. The number of hydrogen-bond acceptors (Lipinski definition) is 4. The zero-order valence-corrected chi connectivity index (χ0v) is 10.1. The van der Waals surface area contributed by atoms with E-state index < -0.39 is 0 Å². The first-order chi connectivity index (χ1) is 8.38. The minimum Gasteiger partial charge on any atom is -0.301 e. The molecule has 2 aromatic rings. The molecule has 1 unspecified atom stereocenters. The molecule has 1 fully saturated rings. The van der Waals surface area contributed by atoms with Gasteiger partial charge in [0.2, 0.25) is 0 Å². The normalized spacial score (nSPS) is 22.1. The van der Waals surface area contributed by atoms with Gasteiger partial charge in [-0.15, -0.1) is 5.10 Å². The zero-order valence-electron chi connectivity index (χ0n) is 10.1. The number of piperidine rings is 1. The first-order valence-corrected chi connectivity index (χ1v) is 6.25. The summed E-state index contributed by atoms with van der Waals surface area (Å²) >= 11 is 0. The number of nitrogens with zero attached hydrogens (tertiary/aromatic N) is 5. The molecule has 0 bridgehead atoms. The molecular weight excluding hydrogens is 214 g/mol. The van der Waals surface area contributed by atoms with Gasteiger partial charge in [-0.05, 0) is 32.0 Å². The van der Waals surface area contributed by atoms with E-state index in [-0.39, 0.29) is 0 Å². The second-order valence-electron chi connectivity index (χ2n) is 4.59. The van der Waals surface area contributed by atoms with Crippen molar-refractivity contribution in [2.75, 3.05) is 19.6 Å². The fraction of sp³-hybridized carbons (Fsp3) is 0.583. The van der Waals surface area contributed by atoms with Crippen LogP contribution in [0, 0.1) is 0 Å². The fourth-order valence-electron chi connectivity index (χ4n) is 2.58. The van der Waals surface area contributed by atoms with Gasteiger partial charge >= 0.3 is 0 Å². The van der Waals surface area contributed by atoms with Gasteiger partial charge in [-0.1, -0.05) is 12.1 Å². The average molecular weight is 231 g/mol. The molecule has 1 saturated heterocycles. The van der Waals surface area contributed by atoms with Gasteiger partial charge in [0.1, 0.15) is 5.52 Å². The Morgan fingerprint density at radius 1 is 1.47 bits per heavy atom. The minimum absolute atomic E-state index is 0.455. The molecule has 90 valence electrons. The molecule has 5 nitrogen and oxygen atoms in total. The number of aromatic nitrogens is 4. The van der Waals surface area contributed by atoms with Gasteiger partial charge in [0.05, 0.1) is 17.8 Å². The highest BCUT2D eigenvalue weighted by atomic mass is 15.4. The molecule has 0 aromatic carbocycles. The number of hydrogen-bond donors (Lipinski definition) is 0. The lowest BCUT2D eigenvalue weighted by atomic mass is 10.1. The highest BCUT2D eigenvalue weighted by molar-refractivity contribution is 5.72. The van der Waals surface area contributed by atoms with Crippen LogP contribution in [0.2, 0.25) is 0 Å². The number of likely N-dealkylation sites (N-methyl/N-ethyl adjacent to an activating group) is 1. The summed E-state index contributed by atoms with van der Waals surface area (Å²) in [5, 5.41) is 8.46. The molecule has 1 aliphatic heterocycles. The number of rotatable bonds is 2. The molecule has 1 atom stereocenters. The molecule has 0 radical (unpaired) electrons. The Kier molecular flexibility index (Phi) is 2.76. The largest absolute Gasteiger partial charge is 0.301 e. The Morgan fingerprint density at radius 2 is 2.41 bits per heavy atom. The maximum Gasteiger partial charge on any atom is 0.131 e. The smallest absolute Gasteiger partial charge is 0.131 e. The summed E-state index contributed by atoms with van der Waals surface area (Å²) in [5.41, 5.74) is 1.99. The molecule has 2 aromatic heterocycles. The number of likely N-dealkylation sites (tertiary alicyclic amines) is 1. The Labute approximate surface area is 100 Å². The molecule has 0 N–H and O–H groups in total. The van der Waals surface area contributed by atoms with E-state index >= 15 is 0 Å². The van der Waals surface area contributed by atoms with Crippen molar-refractivity contribution in [1.82, 2.24) is 24.9 Å². The van der Waals surface area contributed by atoms with Gasteiger partial charge in [-0.25, -0.2) is 4.68 Å². The lowest BCUT2D eigenvalue weighted by Crippen LogP contribution is -2.36. The predicted molar refractivity (Wildman–Crippen MR) is 65.7 cm³/mol. The Morgan fingerprint density at radius 3 is 3.29 bits per heavy atom. The van der Waals surface area contributed by atoms with E-state index in [9.17, 15) is 0 Å². The van der Waals surface area contributed by atoms with Crippen molar-refractivity contribution in [3.63, 3.8) is 0 Å². The molecule has 0 saturated carbocycles. The van der Waals surface area contributed by atoms with Crippen LogP contribution in [0.15, 0.2) is 18.5 Å². The quantitative estimate of drug-likeness (QED) is 0.785. The van der Waals surface area contributed by atoms with Crippen LogP contribution in [0.5, 0.6) is 0 Å². The SMILES string of the molecule is CCN1CCCC(n2nnc3cnccc32)C1. The molecule has 5 heteroatoms. The number of fused-ring (bicyclic) bond motifs is 1. The Bertz CT molecular complexity index is 506. The standard InChI is InChI=1S/C12H17N5/c1-2-16-7-3-4-10(9-16)17-12-5-6-13-8-11(12)14-15-17/h5-6,8,10H,2-4,7,9H2,1H3. The summed E-state index contributed by atoms with van der Waals surface area (Å²) in [6, 6.07) is 2.45. The van der Waals surface area contributed by atoms with Crippen molar-refractivity contribution in [2.24, 2.45) is 0 Å². The van der Waals surface area contributed by atoms with E-state index in [0.29, 0.717) is 6.04 Å². The molecular formula is C12H17N5. The van der Waals surface area contributed by atoms with Crippen molar-refractivity contribution in [1.29, 1.82) is 0 Å². The van der Waals surface area contributed by atoms with Crippen LogP contribution in [-0.2, 0) is 0 Å². The minimum atomic E-state index is 0.455. The van der Waals surface area contributed by atoms with E-state index in [0.717, 1.165) is 24.1 Å². The van der Waals surface area contributed by atoms with Crippen LogP contribution in [0.25, 0.3) is 11.0 Å². The summed E-state index contributed by atoms with van der Waals surface area (Å²) in [7, 11) is 0. The first-order valence-electron chi connectivity index (χ1n) is 6.25. The highest BCUT2D eigenvalue weighted by Crippen LogP contribution is 2.23. The predicted octanol–water partition coefficient (Wildman–Crippen LogP) is 1.48. The van der Waals surface area contributed by atoms with Crippen molar-refractivity contribution in [3.05, 3.63) is 18.5 Å². The Balaban J connectivity index is 1.92. The molecule has 0 amide bonds. The maximum atomic E-state index is 4.29. The average Bonchev–Trinajstić information content (AvgIpc) is 2.82. The van der Waals surface area contributed by atoms with Gasteiger partial charge in [0.15, 0.2) is 0 Å². The third-order valence-electron chi connectivity index (χ3n) is 3.55. The summed E-state index contributed by atoms with van der Waals surface area (Å²) < 4.78 is 2.07.